The summed E-state index contributed by atoms with van der Waals surface area (Å²) in [6.45, 7) is 5.18. The standard InChI is InChI=1S/C14H20N4O2S/c1-3-17-10-14(16-11-17)21(19,20)18(4-2)13-7-5-12(9-15)6-8-13/h5-8,10-11H,3-4,9,15H2,1-2H3. The molecule has 0 atom stereocenters. The summed E-state index contributed by atoms with van der Waals surface area (Å²) in [5.74, 6) is 0. The largest absolute Gasteiger partial charge is 0.336 e. The molecule has 1 aromatic heterocycles. The van der Waals surface area contributed by atoms with E-state index in [0.717, 1.165) is 5.56 Å². The van der Waals surface area contributed by atoms with Crippen LogP contribution in [0.4, 0.5) is 5.69 Å². The minimum Gasteiger partial charge on any atom is -0.336 e. The van der Waals surface area contributed by atoms with Crippen LogP contribution in [0.3, 0.4) is 0 Å². The third-order valence-corrected chi connectivity index (χ3v) is 5.07. The lowest BCUT2D eigenvalue weighted by molar-refractivity contribution is 0.588. The summed E-state index contributed by atoms with van der Waals surface area (Å²) in [6, 6.07) is 7.19. The number of anilines is 1. The van der Waals surface area contributed by atoms with Crippen molar-refractivity contribution in [2.75, 3.05) is 10.8 Å². The number of aryl methyl sites for hydroxylation is 1. The Bertz CT molecular complexity index is 692. The van der Waals surface area contributed by atoms with Crippen molar-refractivity contribution in [2.24, 2.45) is 5.73 Å². The first-order valence-electron chi connectivity index (χ1n) is 6.86. The maximum atomic E-state index is 12.7. The van der Waals surface area contributed by atoms with Gasteiger partial charge >= 0.3 is 0 Å². The fraction of sp³-hybridized carbons (Fsp3) is 0.357. The molecular weight excluding hydrogens is 288 g/mol. The van der Waals surface area contributed by atoms with Crippen LogP contribution >= 0.6 is 0 Å². The van der Waals surface area contributed by atoms with Crippen LogP contribution < -0.4 is 10.0 Å². The van der Waals surface area contributed by atoms with Gasteiger partial charge in [0.05, 0.1) is 12.0 Å². The molecule has 0 unspecified atom stereocenters. The summed E-state index contributed by atoms with van der Waals surface area (Å²) in [6.07, 6.45) is 3.07. The number of hydrogen-bond donors (Lipinski definition) is 1. The van der Waals surface area contributed by atoms with Crippen LogP contribution in [0.2, 0.25) is 0 Å². The van der Waals surface area contributed by atoms with Gasteiger partial charge in [-0.1, -0.05) is 12.1 Å². The van der Waals surface area contributed by atoms with Crippen LogP contribution in [0.15, 0.2) is 41.8 Å². The van der Waals surface area contributed by atoms with Crippen molar-refractivity contribution >= 4 is 15.7 Å². The zero-order chi connectivity index (χ0) is 15.5. The highest BCUT2D eigenvalue weighted by Gasteiger charge is 2.25. The number of hydrogen-bond acceptors (Lipinski definition) is 4. The second-order valence-corrected chi connectivity index (χ2v) is 6.39. The van der Waals surface area contributed by atoms with Crippen molar-refractivity contribution in [1.82, 2.24) is 9.55 Å². The van der Waals surface area contributed by atoms with Gasteiger partial charge in [-0.15, -0.1) is 0 Å². The van der Waals surface area contributed by atoms with Crippen LogP contribution in [0.5, 0.6) is 0 Å². The Kier molecular flexibility index (Phi) is 4.64. The Balaban J connectivity index is 2.38. The fourth-order valence-electron chi connectivity index (χ4n) is 2.05. The van der Waals surface area contributed by atoms with Crippen LogP contribution in [0, 0.1) is 0 Å². The van der Waals surface area contributed by atoms with Crippen molar-refractivity contribution in [3.8, 4) is 0 Å². The van der Waals surface area contributed by atoms with Crippen LogP contribution in [-0.4, -0.2) is 24.5 Å². The maximum absolute atomic E-state index is 12.7. The number of rotatable bonds is 6. The maximum Gasteiger partial charge on any atom is 0.283 e. The Morgan fingerprint density at radius 2 is 1.90 bits per heavy atom. The van der Waals surface area contributed by atoms with Crippen molar-refractivity contribution in [1.29, 1.82) is 0 Å². The fourth-order valence-corrected chi connectivity index (χ4v) is 3.46. The normalized spacial score (nSPS) is 11.6. The number of benzene rings is 1. The Hall–Kier alpha value is -1.86. The summed E-state index contributed by atoms with van der Waals surface area (Å²) < 4.78 is 28.4. The molecule has 0 bridgehead atoms. The molecule has 0 radical (unpaired) electrons. The Morgan fingerprint density at radius 1 is 1.24 bits per heavy atom. The number of nitrogens with two attached hydrogens (primary N) is 1. The third kappa shape index (κ3) is 3.08. The second kappa shape index (κ2) is 6.28. The highest BCUT2D eigenvalue weighted by atomic mass is 32.2. The van der Waals surface area contributed by atoms with E-state index >= 15 is 0 Å². The molecule has 7 heteroatoms. The van der Waals surface area contributed by atoms with Gasteiger partial charge in [-0.05, 0) is 31.5 Å². The van der Waals surface area contributed by atoms with E-state index in [4.69, 9.17) is 5.73 Å². The van der Waals surface area contributed by atoms with E-state index in [0.29, 0.717) is 25.3 Å². The molecule has 0 saturated heterocycles. The molecule has 0 fully saturated rings. The average Bonchev–Trinajstić information content (AvgIpc) is 2.98. The van der Waals surface area contributed by atoms with E-state index in [1.165, 1.54) is 10.6 Å². The van der Waals surface area contributed by atoms with Gasteiger partial charge in [0.2, 0.25) is 0 Å². The predicted octanol–water partition coefficient (Wildman–Crippen LogP) is 1.58. The predicted molar refractivity (Wildman–Crippen MR) is 82.4 cm³/mol. The van der Waals surface area contributed by atoms with Crippen molar-refractivity contribution < 1.29 is 8.42 Å². The molecule has 21 heavy (non-hydrogen) atoms. The molecule has 2 aromatic rings. The van der Waals surface area contributed by atoms with Crippen molar-refractivity contribution in [3.63, 3.8) is 0 Å². The van der Waals surface area contributed by atoms with Gasteiger partial charge < -0.3 is 10.3 Å². The minimum atomic E-state index is -3.64. The van der Waals surface area contributed by atoms with Crippen molar-refractivity contribution in [3.05, 3.63) is 42.4 Å². The first-order chi connectivity index (χ1) is 10.0. The molecule has 6 nitrogen and oxygen atoms in total. The molecule has 0 aliphatic rings. The summed E-state index contributed by atoms with van der Waals surface area (Å²) in [5, 5.41) is 0.0640. The quantitative estimate of drug-likeness (QED) is 0.878. The third-order valence-electron chi connectivity index (χ3n) is 3.28. The topological polar surface area (TPSA) is 81.2 Å². The molecular formula is C14H20N4O2S. The zero-order valence-electron chi connectivity index (χ0n) is 12.2. The highest BCUT2D eigenvalue weighted by Crippen LogP contribution is 2.22. The Morgan fingerprint density at radius 3 is 2.38 bits per heavy atom. The van der Waals surface area contributed by atoms with E-state index in [2.05, 4.69) is 4.98 Å². The van der Waals surface area contributed by atoms with Gasteiger partial charge in [0.25, 0.3) is 10.0 Å². The molecule has 1 heterocycles. The lowest BCUT2D eigenvalue weighted by Gasteiger charge is -2.21. The van der Waals surface area contributed by atoms with Crippen LogP contribution in [-0.2, 0) is 23.1 Å². The molecule has 0 aliphatic heterocycles. The van der Waals surface area contributed by atoms with E-state index in [-0.39, 0.29) is 5.03 Å². The lowest BCUT2D eigenvalue weighted by atomic mass is 10.2. The molecule has 0 spiro atoms. The van der Waals surface area contributed by atoms with Gasteiger partial charge in [-0.3, -0.25) is 4.31 Å². The molecule has 2 N–H and O–H groups in total. The molecule has 1 aromatic carbocycles. The molecule has 0 saturated carbocycles. The number of nitrogens with zero attached hydrogens (tertiary/aromatic N) is 3. The summed E-state index contributed by atoms with van der Waals surface area (Å²) in [5.41, 5.74) is 7.13. The average molecular weight is 308 g/mol. The van der Waals surface area contributed by atoms with Gasteiger partial charge in [0.15, 0.2) is 5.03 Å². The SMILES string of the molecule is CCN(c1ccc(CN)cc1)S(=O)(=O)c1cn(CC)cn1. The number of sulfonamides is 1. The monoisotopic (exact) mass is 308 g/mol. The second-order valence-electron chi connectivity index (χ2n) is 4.58. The van der Waals surface area contributed by atoms with Gasteiger partial charge in [-0.2, -0.15) is 8.42 Å². The molecule has 114 valence electrons. The molecule has 0 amide bonds. The van der Waals surface area contributed by atoms with Gasteiger partial charge in [-0.25, -0.2) is 4.98 Å². The summed E-state index contributed by atoms with van der Waals surface area (Å²) in [4.78, 5) is 4.00. The lowest BCUT2D eigenvalue weighted by Crippen LogP contribution is -2.31. The number of aromatic nitrogens is 2. The Labute approximate surface area is 125 Å². The smallest absolute Gasteiger partial charge is 0.283 e. The van der Waals surface area contributed by atoms with Crippen LogP contribution in [0.1, 0.15) is 19.4 Å². The first-order valence-corrected chi connectivity index (χ1v) is 8.30. The summed E-state index contributed by atoms with van der Waals surface area (Å²) >= 11 is 0. The highest BCUT2D eigenvalue weighted by molar-refractivity contribution is 7.92. The minimum absolute atomic E-state index is 0.0640. The van der Waals surface area contributed by atoms with Gasteiger partial charge in [0, 0.05) is 25.8 Å². The van der Waals surface area contributed by atoms with E-state index < -0.39 is 10.0 Å². The van der Waals surface area contributed by atoms with Crippen LogP contribution in [0.25, 0.3) is 0 Å². The van der Waals surface area contributed by atoms with E-state index in [1.807, 2.05) is 19.1 Å². The van der Waals surface area contributed by atoms with Gasteiger partial charge in [0.1, 0.15) is 0 Å². The molecule has 0 aliphatic carbocycles. The summed E-state index contributed by atoms with van der Waals surface area (Å²) in [7, 11) is -3.64. The zero-order valence-corrected chi connectivity index (χ0v) is 13.0. The number of imidazole rings is 1. The van der Waals surface area contributed by atoms with Crippen molar-refractivity contribution in [2.45, 2.75) is 32.0 Å². The first kappa shape index (κ1) is 15.5. The molecule has 2 rings (SSSR count). The van der Waals surface area contributed by atoms with E-state index in [9.17, 15) is 8.42 Å². The van der Waals surface area contributed by atoms with E-state index in [1.54, 1.807) is 29.8 Å².